The second kappa shape index (κ2) is 11.0. The molecule has 2 N–H and O–H groups in total. The van der Waals surface area contributed by atoms with E-state index in [9.17, 15) is 5.11 Å². The van der Waals surface area contributed by atoms with E-state index < -0.39 is 0 Å². The molecule has 0 aliphatic rings. The number of hydrogen-bond acceptors (Lipinski definition) is 3. The first-order valence-corrected chi connectivity index (χ1v) is 5.71. The van der Waals surface area contributed by atoms with Crippen molar-refractivity contribution in [3.8, 4) is 0 Å². The van der Waals surface area contributed by atoms with Crippen LogP contribution in [0, 0.1) is 0 Å². The fraction of sp³-hybridized carbons (Fsp3) is 1.00. The standard InChI is InChI=1S/C11H25NO2/c1-3-4-5-6-7-8-14-10-11(13)9-12-2/h11-13H,3-10H2,1-2H3. The van der Waals surface area contributed by atoms with Gasteiger partial charge in [0.1, 0.15) is 0 Å². The number of ether oxygens (including phenoxy) is 1. The second-order valence-electron chi connectivity index (χ2n) is 3.70. The van der Waals surface area contributed by atoms with Crippen LogP contribution in [-0.4, -0.2) is 38.0 Å². The summed E-state index contributed by atoms with van der Waals surface area (Å²) in [6, 6.07) is 0. The average Bonchev–Trinajstić information content (AvgIpc) is 2.17. The van der Waals surface area contributed by atoms with E-state index in [0.29, 0.717) is 13.2 Å². The highest BCUT2D eigenvalue weighted by Gasteiger charge is 2.01. The Morgan fingerprint density at radius 2 is 1.93 bits per heavy atom. The van der Waals surface area contributed by atoms with Crippen LogP contribution >= 0.6 is 0 Å². The van der Waals surface area contributed by atoms with E-state index in [1.807, 2.05) is 7.05 Å². The van der Waals surface area contributed by atoms with Gasteiger partial charge in [0.2, 0.25) is 0 Å². The number of unbranched alkanes of at least 4 members (excludes halogenated alkanes) is 4. The summed E-state index contributed by atoms with van der Waals surface area (Å²) in [7, 11) is 1.83. The first-order chi connectivity index (χ1) is 6.81. The molecule has 86 valence electrons. The topological polar surface area (TPSA) is 41.5 Å². The maximum atomic E-state index is 9.30. The molecular formula is C11H25NO2. The number of hydrogen-bond donors (Lipinski definition) is 2. The van der Waals surface area contributed by atoms with E-state index in [2.05, 4.69) is 12.2 Å². The lowest BCUT2D eigenvalue weighted by atomic mass is 10.2. The van der Waals surface area contributed by atoms with Crippen molar-refractivity contribution in [1.29, 1.82) is 0 Å². The molecule has 0 aromatic rings. The highest BCUT2D eigenvalue weighted by molar-refractivity contribution is 4.54. The summed E-state index contributed by atoms with van der Waals surface area (Å²) < 4.78 is 5.34. The maximum Gasteiger partial charge on any atom is 0.0897 e. The fourth-order valence-electron chi connectivity index (χ4n) is 1.32. The molecule has 3 heteroatoms. The zero-order chi connectivity index (χ0) is 10.6. The molecule has 3 nitrogen and oxygen atoms in total. The smallest absolute Gasteiger partial charge is 0.0897 e. The molecule has 1 atom stereocenters. The van der Waals surface area contributed by atoms with Gasteiger partial charge in [-0.25, -0.2) is 0 Å². The number of rotatable bonds is 10. The Morgan fingerprint density at radius 3 is 2.57 bits per heavy atom. The van der Waals surface area contributed by atoms with Crippen LogP contribution in [0.4, 0.5) is 0 Å². The molecule has 0 radical (unpaired) electrons. The van der Waals surface area contributed by atoms with Crippen LogP contribution in [0.2, 0.25) is 0 Å². The van der Waals surface area contributed by atoms with Crippen LogP contribution < -0.4 is 5.32 Å². The van der Waals surface area contributed by atoms with E-state index in [1.54, 1.807) is 0 Å². The summed E-state index contributed by atoms with van der Waals surface area (Å²) in [6.45, 7) is 4.06. The minimum atomic E-state index is -0.365. The van der Waals surface area contributed by atoms with Gasteiger partial charge in [-0.2, -0.15) is 0 Å². The third kappa shape index (κ3) is 9.96. The molecule has 0 heterocycles. The van der Waals surface area contributed by atoms with Gasteiger partial charge in [0.05, 0.1) is 12.7 Å². The van der Waals surface area contributed by atoms with Crippen molar-refractivity contribution in [3.05, 3.63) is 0 Å². The van der Waals surface area contributed by atoms with Crippen LogP contribution in [0.1, 0.15) is 39.0 Å². The first kappa shape index (κ1) is 13.9. The Kier molecular flexibility index (Phi) is 10.9. The lowest BCUT2D eigenvalue weighted by molar-refractivity contribution is 0.0364. The normalized spacial score (nSPS) is 13.1. The molecule has 0 spiro atoms. The van der Waals surface area contributed by atoms with Crippen LogP contribution in [0.25, 0.3) is 0 Å². The van der Waals surface area contributed by atoms with Crippen LogP contribution in [0.3, 0.4) is 0 Å². The van der Waals surface area contributed by atoms with E-state index in [1.165, 1.54) is 25.7 Å². The molecule has 0 aliphatic heterocycles. The molecule has 0 rings (SSSR count). The van der Waals surface area contributed by atoms with Crippen molar-refractivity contribution in [2.24, 2.45) is 0 Å². The van der Waals surface area contributed by atoms with Gasteiger partial charge in [0.15, 0.2) is 0 Å². The molecule has 0 bridgehead atoms. The Labute approximate surface area is 87.8 Å². The molecule has 14 heavy (non-hydrogen) atoms. The average molecular weight is 203 g/mol. The van der Waals surface area contributed by atoms with Gasteiger partial charge < -0.3 is 15.2 Å². The number of aliphatic hydroxyl groups excluding tert-OH is 1. The maximum absolute atomic E-state index is 9.30. The molecular weight excluding hydrogens is 178 g/mol. The Bertz CT molecular complexity index is 109. The second-order valence-corrected chi connectivity index (χ2v) is 3.70. The SMILES string of the molecule is CCCCCCCOCC(O)CNC. The third-order valence-corrected chi connectivity index (χ3v) is 2.14. The molecule has 1 unspecified atom stereocenters. The largest absolute Gasteiger partial charge is 0.389 e. The highest BCUT2D eigenvalue weighted by Crippen LogP contribution is 2.02. The molecule has 0 saturated carbocycles. The van der Waals surface area contributed by atoms with Gasteiger partial charge in [-0.3, -0.25) is 0 Å². The van der Waals surface area contributed by atoms with Crippen molar-refractivity contribution < 1.29 is 9.84 Å². The van der Waals surface area contributed by atoms with E-state index in [0.717, 1.165) is 13.0 Å². The van der Waals surface area contributed by atoms with Crippen LogP contribution in [0.5, 0.6) is 0 Å². The van der Waals surface area contributed by atoms with Gasteiger partial charge in [0, 0.05) is 13.2 Å². The van der Waals surface area contributed by atoms with Gasteiger partial charge >= 0.3 is 0 Å². The van der Waals surface area contributed by atoms with E-state index in [4.69, 9.17) is 4.74 Å². The quantitative estimate of drug-likeness (QED) is 0.529. The van der Waals surface area contributed by atoms with Crippen LogP contribution in [0.15, 0.2) is 0 Å². The van der Waals surface area contributed by atoms with Crippen molar-refractivity contribution >= 4 is 0 Å². The van der Waals surface area contributed by atoms with Gasteiger partial charge in [-0.05, 0) is 13.5 Å². The van der Waals surface area contributed by atoms with E-state index in [-0.39, 0.29) is 6.10 Å². The molecule has 0 saturated heterocycles. The zero-order valence-electron chi connectivity index (χ0n) is 9.59. The van der Waals surface area contributed by atoms with E-state index >= 15 is 0 Å². The summed E-state index contributed by atoms with van der Waals surface area (Å²) in [4.78, 5) is 0. The molecule has 0 amide bonds. The lowest BCUT2D eigenvalue weighted by Crippen LogP contribution is -2.28. The van der Waals surface area contributed by atoms with Gasteiger partial charge in [-0.1, -0.05) is 32.6 Å². The summed E-state index contributed by atoms with van der Waals surface area (Å²) in [6.07, 6.45) is 5.90. The predicted octanol–water partition coefficient (Wildman–Crippen LogP) is 1.55. The minimum absolute atomic E-state index is 0.365. The van der Waals surface area contributed by atoms with Gasteiger partial charge in [0.25, 0.3) is 0 Å². The summed E-state index contributed by atoms with van der Waals surface area (Å²) in [5, 5.41) is 12.2. The first-order valence-electron chi connectivity index (χ1n) is 5.71. The Balaban J connectivity index is 2.98. The molecule has 0 fully saturated rings. The zero-order valence-corrected chi connectivity index (χ0v) is 9.59. The van der Waals surface area contributed by atoms with Crippen molar-refractivity contribution in [2.45, 2.75) is 45.1 Å². The summed E-state index contributed by atoms with van der Waals surface area (Å²) in [5.74, 6) is 0. The molecule has 0 aromatic carbocycles. The third-order valence-electron chi connectivity index (χ3n) is 2.14. The Hall–Kier alpha value is -0.120. The Morgan fingerprint density at radius 1 is 1.21 bits per heavy atom. The van der Waals surface area contributed by atoms with Crippen molar-refractivity contribution in [3.63, 3.8) is 0 Å². The van der Waals surface area contributed by atoms with Gasteiger partial charge in [-0.15, -0.1) is 0 Å². The lowest BCUT2D eigenvalue weighted by Gasteiger charge is -2.10. The summed E-state index contributed by atoms with van der Waals surface area (Å²) >= 11 is 0. The minimum Gasteiger partial charge on any atom is -0.389 e. The molecule has 0 aromatic heterocycles. The monoisotopic (exact) mass is 203 g/mol. The highest BCUT2D eigenvalue weighted by atomic mass is 16.5. The van der Waals surface area contributed by atoms with Crippen molar-refractivity contribution in [1.82, 2.24) is 5.32 Å². The molecule has 0 aliphatic carbocycles. The summed E-state index contributed by atoms with van der Waals surface area (Å²) in [5.41, 5.74) is 0. The van der Waals surface area contributed by atoms with Crippen LogP contribution in [-0.2, 0) is 4.74 Å². The van der Waals surface area contributed by atoms with Crippen molar-refractivity contribution in [2.75, 3.05) is 26.8 Å². The predicted molar refractivity (Wildman–Crippen MR) is 59.5 cm³/mol. The number of likely N-dealkylation sites (N-methyl/N-ethyl adjacent to an activating group) is 1. The number of aliphatic hydroxyl groups is 1. The number of nitrogens with one attached hydrogen (secondary N) is 1. The fourth-order valence-corrected chi connectivity index (χ4v) is 1.32.